The molecule has 0 amide bonds. The quantitative estimate of drug-likeness (QED) is 0.381. The number of methoxy groups -OCH3 is 1. The van der Waals surface area contributed by atoms with Gasteiger partial charge < -0.3 is 24.6 Å². The lowest BCUT2D eigenvalue weighted by Crippen LogP contribution is -2.20. The van der Waals surface area contributed by atoms with E-state index in [9.17, 15) is 20.0 Å². The number of carboxylic acid groups (broad SMARTS) is 1. The van der Waals surface area contributed by atoms with Gasteiger partial charge in [-0.1, -0.05) is 6.07 Å². The number of carboxylic acids is 1. The van der Waals surface area contributed by atoms with E-state index in [2.05, 4.69) is 21.4 Å². The van der Waals surface area contributed by atoms with E-state index in [-0.39, 0.29) is 16.5 Å². The number of carbonyl (C=O) groups is 1. The second-order valence-electron chi connectivity index (χ2n) is 8.33. The van der Waals surface area contributed by atoms with Crippen LogP contribution in [0.4, 0.5) is 11.5 Å². The topological polar surface area (TPSA) is 133 Å². The van der Waals surface area contributed by atoms with Gasteiger partial charge in [0.2, 0.25) is 5.43 Å². The van der Waals surface area contributed by atoms with Crippen molar-refractivity contribution in [2.75, 3.05) is 30.5 Å². The van der Waals surface area contributed by atoms with Crippen molar-refractivity contribution in [2.24, 2.45) is 0 Å². The molecular weight excluding hydrogens is 460 g/mol. The highest BCUT2D eigenvalue weighted by Gasteiger charge is 2.24. The molecule has 1 aliphatic heterocycles. The molecule has 2 N–H and O–H groups in total. The normalized spacial score (nSPS) is 12.4. The largest absolute Gasteiger partial charge is 0.477 e. The second kappa shape index (κ2) is 9.48. The molecule has 10 nitrogen and oxygen atoms in total. The molecule has 5 rings (SSSR count). The summed E-state index contributed by atoms with van der Waals surface area (Å²) in [4.78, 5) is 35.8. The van der Waals surface area contributed by atoms with Gasteiger partial charge in [-0.05, 0) is 35.9 Å². The molecule has 0 bridgehead atoms. The van der Waals surface area contributed by atoms with Gasteiger partial charge in [-0.15, -0.1) is 0 Å². The van der Waals surface area contributed by atoms with Crippen molar-refractivity contribution in [1.82, 2.24) is 14.5 Å². The Bertz CT molecular complexity index is 1550. The van der Waals surface area contributed by atoms with E-state index < -0.39 is 11.4 Å². The van der Waals surface area contributed by atoms with Crippen LogP contribution >= 0.6 is 0 Å². The fourth-order valence-corrected chi connectivity index (χ4v) is 4.36. The maximum atomic E-state index is 13.1. The zero-order valence-corrected chi connectivity index (χ0v) is 19.4. The van der Waals surface area contributed by atoms with Crippen molar-refractivity contribution in [3.05, 3.63) is 87.6 Å². The highest BCUT2D eigenvalue weighted by Crippen LogP contribution is 2.33. The van der Waals surface area contributed by atoms with E-state index in [1.54, 1.807) is 42.3 Å². The summed E-state index contributed by atoms with van der Waals surface area (Å²) in [5.74, 6) is -0.709. The van der Waals surface area contributed by atoms with Crippen LogP contribution in [0.5, 0.6) is 0 Å². The summed E-state index contributed by atoms with van der Waals surface area (Å²) in [6.45, 7) is 2.21. The number of nitrogens with zero attached hydrogens (tertiary/aromatic N) is 5. The van der Waals surface area contributed by atoms with Gasteiger partial charge in [-0.2, -0.15) is 5.26 Å². The molecule has 0 fully saturated rings. The molecule has 0 spiro atoms. The van der Waals surface area contributed by atoms with Crippen LogP contribution in [0.15, 0.2) is 59.8 Å². The Kier molecular flexibility index (Phi) is 6.06. The predicted molar refractivity (Wildman–Crippen MR) is 134 cm³/mol. The summed E-state index contributed by atoms with van der Waals surface area (Å²) in [6, 6.07) is 12.8. The average Bonchev–Trinajstić information content (AvgIpc) is 3.33. The Balaban J connectivity index is 1.65. The predicted octanol–water partition coefficient (Wildman–Crippen LogP) is 2.93. The first kappa shape index (κ1) is 23.0. The molecule has 0 atom stereocenters. The highest BCUT2D eigenvalue weighted by atomic mass is 16.5. The van der Waals surface area contributed by atoms with Gasteiger partial charge in [0, 0.05) is 38.0 Å². The number of fused-ring (bicyclic) bond motifs is 2. The van der Waals surface area contributed by atoms with Crippen LogP contribution in [0.2, 0.25) is 0 Å². The van der Waals surface area contributed by atoms with Crippen molar-refractivity contribution in [1.29, 1.82) is 5.26 Å². The number of hydrogen-bond donors (Lipinski definition) is 2. The number of rotatable bonds is 7. The summed E-state index contributed by atoms with van der Waals surface area (Å²) in [5.41, 5.74) is 2.95. The third kappa shape index (κ3) is 4.12. The van der Waals surface area contributed by atoms with Gasteiger partial charge in [0.15, 0.2) is 0 Å². The minimum atomic E-state index is -1.34. The van der Waals surface area contributed by atoms with Gasteiger partial charge in [-0.3, -0.25) is 9.78 Å². The fourth-order valence-electron chi connectivity index (χ4n) is 4.36. The number of benzene rings is 1. The Morgan fingerprint density at radius 1 is 1.25 bits per heavy atom. The van der Waals surface area contributed by atoms with Crippen LogP contribution in [0, 0.1) is 11.3 Å². The summed E-state index contributed by atoms with van der Waals surface area (Å²) >= 11 is 0. The minimum Gasteiger partial charge on any atom is -0.477 e. The van der Waals surface area contributed by atoms with E-state index in [1.807, 2.05) is 17.0 Å². The van der Waals surface area contributed by atoms with E-state index in [0.717, 1.165) is 11.3 Å². The van der Waals surface area contributed by atoms with Crippen LogP contribution in [-0.2, 0) is 17.8 Å². The highest BCUT2D eigenvalue weighted by molar-refractivity contribution is 5.95. The summed E-state index contributed by atoms with van der Waals surface area (Å²) in [5, 5.41) is 22.8. The zero-order valence-electron chi connectivity index (χ0n) is 19.4. The van der Waals surface area contributed by atoms with Gasteiger partial charge in [0.1, 0.15) is 17.5 Å². The van der Waals surface area contributed by atoms with Crippen molar-refractivity contribution in [3.8, 4) is 11.8 Å². The molecule has 10 heteroatoms. The summed E-state index contributed by atoms with van der Waals surface area (Å²) in [6.07, 6.45) is 4.64. The van der Waals surface area contributed by atoms with Crippen LogP contribution in [-0.4, -0.2) is 45.9 Å². The Labute approximate surface area is 206 Å². The summed E-state index contributed by atoms with van der Waals surface area (Å²) < 4.78 is 6.66. The second-order valence-corrected chi connectivity index (χ2v) is 8.33. The Morgan fingerprint density at radius 2 is 2.11 bits per heavy atom. The van der Waals surface area contributed by atoms with Crippen LogP contribution in [0.1, 0.15) is 27.2 Å². The summed E-state index contributed by atoms with van der Waals surface area (Å²) in [7, 11) is 1.61. The molecule has 1 aromatic carbocycles. The first-order valence-corrected chi connectivity index (χ1v) is 11.2. The molecule has 1 aliphatic rings. The molecule has 4 heterocycles. The number of anilines is 2. The number of nitrogens with one attached hydrogen (secondary N) is 1. The third-order valence-electron chi connectivity index (χ3n) is 6.14. The van der Waals surface area contributed by atoms with E-state index in [0.29, 0.717) is 49.0 Å². The Hall–Kier alpha value is -4.75. The maximum Gasteiger partial charge on any atom is 0.341 e. The standard InChI is InChI=1S/C26H22N6O4/c1-36-8-7-29-24-5-4-18(12-30-24)32-14-20(26(34)35)25(33)19-9-17(11-27)22(10-23(19)32)31-13-16-3-2-6-28-21(16)15-31/h2-6,9-10,12,14H,7-8,13,15H2,1H3,(H,29,30)(H,34,35). The molecule has 0 saturated heterocycles. The van der Waals surface area contributed by atoms with Gasteiger partial charge >= 0.3 is 5.97 Å². The molecule has 180 valence electrons. The number of ether oxygens (including phenoxy) is 1. The monoisotopic (exact) mass is 482 g/mol. The number of nitriles is 1. The van der Waals surface area contributed by atoms with Crippen LogP contribution < -0.4 is 15.6 Å². The number of aromatic carboxylic acids is 1. The molecule has 0 radical (unpaired) electrons. The van der Waals surface area contributed by atoms with Gasteiger partial charge in [0.05, 0.1) is 47.5 Å². The smallest absolute Gasteiger partial charge is 0.341 e. The lowest BCUT2D eigenvalue weighted by Gasteiger charge is -2.21. The molecule has 36 heavy (non-hydrogen) atoms. The molecule has 4 aromatic rings. The van der Waals surface area contributed by atoms with Crippen LogP contribution in [0.25, 0.3) is 16.6 Å². The van der Waals surface area contributed by atoms with E-state index >= 15 is 0 Å². The lowest BCUT2D eigenvalue weighted by molar-refractivity contribution is 0.0695. The van der Waals surface area contributed by atoms with Crippen molar-refractivity contribution in [2.45, 2.75) is 13.1 Å². The third-order valence-corrected chi connectivity index (χ3v) is 6.14. The molecule has 0 saturated carbocycles. The van der Waals surface area contributed by atoms with Crippen molar-refractivity contribution in [3.63, 3.8) is 0 Å². The van der Waals surface area contributed by atoms with Crippen LogP contribution in [0.3, 0.4) is 0 Å². The number of pyridine rings is 3. The average molecular weight is 483 g/mol. The first-order valence-electron chi connectivity index (χ1n) is 11.2. The Morgan fingerprint density at radius 3 is 2.81 bits per heavy atom. The molecule has 0 unspecified atom stereocenters. The molecular formula is C26H22N6O4. The van der Waals surface area contributed by atoms with Crippen molar-refractivity contribution < 1.29 is 14.6 Å². The lowest BCUT2D eigenvalue weighted by atomic mass is 10.1. The molecule has 3 aromatic heterocycles. The zero-order chi connectivity index (χ0) is 25.2. The number of hydrogen-bond acceptors (Lipinski definition) is 8. The fraction of sp³-hybridized carbons (Fsp3) is 0.192. The first-order chi connectivity index (χ1) is 17.5. The van der Waals surface area contributed by atoms with E-state index in [1.165, 1.54) is 12.3 Å². The maximum absolute atomic E-state index is 13.1. The van der Waals surface area contributed by atoms with E-state index in [4.69, 9.17) is 4.74 Å². The molecule has 0 aliphatic carbocycles. The minimum absolute atomic E-state index is 0.146. The number of aromatic nitrogens is 3. The van der Waals surface area contributed by atoms with Gasteiger partial charge in [-0.25, -0.2) is 9.78 Å². The van der Waals surface area contributed by atoms with Gasteiger partial charge in [0.25, 0.3) is 0 Å². The SMILES string of the molecule is COCCNc1ccc(-n2cc(C(=O)O)c(=O)c3cc(C#N)c(N4Cc5cccnc5C4)cc32)cn1. The van der Waals surface area contributed by atoms with Crippen molar-refractivity contribution >= 4 is 28.4 Å².